The number of aromatic nitrogens is 6. The summed E-state index contributed by atoms with van der Waals surface area (Å²) in [5, 5.41) is 12.6. The fraction of sp³-hybridized carbons (Fsp3) is 0.375. The van der Waals surface area contributed by atoms with E-state index >= 15 is 0 Å². The van der Waals surface area contributed by atoms with Gasteiger partial charge in [-0.15, -0.1) is 5.10 Å². The zero-order chi connectivity index (χ0) is 16.2. The summed E-state index contributed by atoms with van der Waals surface area (Å²) >= 11 is 0. The molecule has 1 fully saturated rings. The van der Waals surface area contributed by atoms with Crippen molar-refractivity contribution in [2.24, 2.45) is 0 Å². The van der Waals surface area contributed by atoms with Gasteiger partial charge >= 0.3 is 0 Å². The summed E-state index contributed by atoms with van der Waals surface area (Å²) in [6, 6.07) is 10.0. The Kier molecular flexibility index (Phi) is 4.30. The first-order valence-electron chi connectivity index (χ1n) is 8.00. The smallest absolute Gasteiger partial charge is 0.137 e. The first kappa shape index (κ1) is 15.0. The third kappa shape index (κ3) is 3.50. The molecule has 3 heterocycles. The van der Waals surface area contributed by atoms with Gasteiger partial charge in [-0.25, -0.2) is 9.67 Å². The Morgan fingerprint density at radius 2 is 2.12 bits per heavy atom. The van der Waals surface area contributed by atoms with E-state index in [0.717, 1.165) is 31.0 Å². The van der Waals surface area contributed by atoms with E-state index in [9.17, 15) is 0 Å². The van der Waals surface area contributed by atoms with Crippen LogP contribution in [0, 0.1) is 0 Å². The molecule has 24 heavy (non-hydrogen) atoms. The summed E-state index contributed by atoms with van der Waals surface area (Å²) in [6.07, 6.45) is 5.36. The maximum absolute atomic E-state index is 5.82. The van der Waals surface area contributed by atoms with Crippen LogP contribution in [0.5, 0.6) is 0 Å². The highest BCUT2D eigenvalue weighted by atomic mass is 16.5. The normalized spacial score (nSPS) is 18.8. The molecule has 3 aromatic rings. The number of hydrogen-bond donors (Lipinski definition) is 0. The zero-order valence-corrected chi connectivity index (χ0v) is 13.3. The predicted molar refractivity (Wildman–Crippen MR) is 86.4 cm³/mol. The summed E-state index contributed by atoms with van der Waals surface area (Å²) in [4.78, 5) is 6.31. The van der Waals surface area contributed by atoms with E-state index in [1.165, 1.54) is 0 Å². The molecule has 0 spiro atoms. The Labute approximate surface area is 139 Å². The van der Waals surface area contributed by atoms with Crippen LogP contribution in [0.1, 0.15) is 5.69 Å². The molecule has 8 heteroatoms. The molecule has 2 aromatic heterocycles. The molecular formula is C16H19N7O. The largest absolute Gasteiger partial charge is 0.374 e. The second kappa shape index (κ2) is 6.90. The molecule has 1 aliphatic rings. The van der Waals surface area contributed by atoms with Crippen molar-refractivity contribution in [2.75, 3.05) is 19.7 Å². The number of hydrogen-bond acceptors (Lipinski definition) is 6. The molecular weight excluding hydrogens is 306 g/mol. The first-order chi connectivity index (χ1) is 11.9. The molecule has 0 N–H and O–H groups in total. The average molecular weight is 325 g/mol. The highest BCUT2D eigenvalue weighted by molar-refractivity contribution is 5.29. The Morgan fingerprint density at radius 3 is 2.96 bits per heavy atom. The molecule has 124 valence electrons. The van der Waals surface area contributed by atoms with Crippen LogP contribution in [0.15, 0.2) is 49.2 Å². The Hall–Kier alpha value is -2.58. The van der Waals surface area contributed by atoms with Crippen LogP contribution < -0.4 is 0 Å². The van der Waals surface area contributed by atoms with E-state index in [-0.39, 0.29) is 6.10 Å². The van der Waals surface area contributed by atoms with Crippen LogP contribution in [-0.4, -0.2) is 60.5 Å². The molecule has 8 nitrogen and oxygen atoms in total. The van der Waals surface area contributed by atoms with E-state index in [0.29, 0.717) is 13.2 Å². The number of morpholine rings is 1. The summed E-state index contributed by atoms with van der Waals surface area (Å²) in [5.41, 5.74) is 1.97. The van der Waals surface area contributed by atoms with Gasteiger partial charge < -0.3 is 4.74 Å². The highest BCUT2D eigenvalue weighted by Crippen LogP contribution is 2.12. The molecule has 1 atom stereocenters. The quantitative estimate of drug-likeness (QED) is 0.689. The third-order valence-corrected chi connectivity index (χ3v) is 4.03. The molecule has 0 aliphatic carbocycles. The van der Waals surface area contributed by atoms with Gasteiger partial charge in [0.15, 0.2) is 0 Å². The summed E-state index contributed by atoms with van der Waals surface area (Å²) in [6.45, 7) is 3.94. The molecule has 1 saturated heterocycles. The second-order valence-corrected chi connectivity index (χ2v) is 5.84. The van der Waals surface area contributed by atoms with Crippen LogP contribution in [0.2, 0.25) is 0 Å². The minimum atomic E-state index is 0.115. The maximum Gasteiger partial charge on any atom is 0.137 e. The lowest BCUT2D eigenvalue weighted by Gasteiger charge is -2.32. The van der Waals surface area contributed by atoms with Crippen LogP contribution in [-0.2, 0) is 17.8 Å². The summed E-state index contributed by atoms with van der Waals surface area (Å²) in [7, 11) is 0. The van der Waals surface area contributed by atoms with Gasteiger partial charge in [-0.3, -0.25) is 9.58 Å². The van der Waals surface area contributed by atoms with Crippen molar-refractivity contribution in [1.82, 2.24) is 34.7 Å². The maximum atomic E-state index is 5.82. The van der Waals surface area contributed by atoms with Crippen LogP contribution >= 0.6 is 0 Å². The van der Waals surface area contributed by atoms with Crippen LogP contribution in [0.4, 0.5) is 0 Å². The number of ether oxygens (including phenoxy) is 1. The SMILES string of the molecule is c1ccc(-n2cc(CN3CCOC(Cn4cncn4)C3)nn2)cc1. The minimum Gasteiger partial charge on any atom is -0.374 e. The van der Waals surface area contributed by atoms with E-state index in [1.807, 2.05) is 41.2 Å². The van der Waals surface area contributed by atoms with Crippen molar-refractivity contribution < 1.29 is 4.74 Å². The first-order valence-corrected chi connectivity index (χ1v) is 8.00. The van der Waals surface area contributed by atoms with Crippen molar-refractivity contribution in [2.45, 2.75) is 19.2 Å². The highest BCUT2D eigenvalue weighted by Gasteiger charge is 2.22. The van der Waals surface area contributed by atoms with Crippen LogP contribution in [0.25, 0.3) is 5.69 Å². The fourth-order valence-corrected chi connectivity index (χ4v) is 2.88. The number of benzene rings is 1. The lowest BCUT2D eigenvalue weighted by Crippen LogP contribution is -2.43. The Morgan fingerprint density at radius 1 is 1.21 bits per heavy atom. The van der Waals surface area contributed by atoms with Gasteiger partial charge in [0.05, 0.1) is 36.8 Å². The molecule has 0 saturated carbocycles. The zero-order valence-electron chi connectivity index (χ0n) is 13.3. The Balaban J connectivity index is 1.37. The summed E-state index contributed by atoms with van der Waals surface area (Å²) < 4.78 is 9.44. The Bertz CT molecular complexity index is 756. The molecule has 1 unspecified atom stereocenters. The van der Waals surface area contributed by atoms with E-state index < -0.39 is 0 Å². The van der Waals surface area contributed by atoms with Gasteiger partial charge in [-0.05, 0) is 12.1 Å². The van der Waals surface area contributed by atoms with Gasteiger partial charge in [0, 0.05) is 19.6 Å². The average Bonchev–Trinajstić information content (AvgIpc) is 3.28. The van der Waals surface area contributed by atoms with Gasteiger partial charge in [-0.1, -0.05) is 23.4 Å². The van der Waals surface area contributed by atoms with Crippen molar-refractivity contribution in [3.05, 3.63) is 54.9 Å². The van der Waals surface area contributed by atoms with Gasteiger partial charge in [-0.2, -0.15) is 5.10 Å². The van der Waals surface area contributed by atoms with Crippen molar-refractivity contribution >= 4 is 0 Å². The van der Waals surface area contributed by atoms with Crippen molar-refractivity contribution in [3.63, 3.8) is 0 Å². The van der Waals surface area contributed by atoms with Crippen molar-refractivity contribution in [1.29, 1.82) is 0 Å². The lowest BCUT2D eigenvalue weighted by atomic mass is 10.2. The minimum absolute atomic E-state index is 0.115. The van der Waals surface area contributed by atoms with E-state index in [1.54, 1.807) is 17.3 Å². The predicted octanol–water partition coefficient (Wildman–Crippen LogP) is 0.760. The molecule has 4 rings (SSSR count). The fourth-order valence-electron chi connectivity index (χ4n) is 2.88. The second-order valence-electron chi connectivity index (χ2n) is 5.84. The van der Waals surface area contributed by atoms with Crippen molar-refractivity contribution in [3.8, 4) is 5.69 Å². The number of rotatable bonds is 5. The molecule has 0 bridgehead atoms. The van der Waals surface area contributed by atoms with Gasteiger partial charge in [0.1, 0.15) is 12.7 Å². The van der Waals surface area contributed by atoms with Gasteiger partial charge in [0.25, 0.3) is 0 Å². The van der Waals surface area contributed by atoms with E-state index in [2.05, 4.69) is 25.3 Å². The monoisotopic (exact) mass is 325 g/mol. The topological polar surface area (TPSA) is 73.9 Å². The lowest BCUT2D eigenvalue weighted by molar-refractivity contribution is -0.0406. The standard InChI is InChI=1S/C16H19N7O/c1-2-4-15(5-3-1)23-9-14(19-20-23)8-21-6-7-24-16(10-21)11-22-13-17-12-18-22/h1-5,9,12-13,16H,6-8,10-11H2. The third-order valence-electron chi connectivity index (χ3n) is 4.03. The number of nitrogens with zero attached hydrogens (tertiary/aromatic N) is 7. The van der Waals surface area contributed by atoms with Gasteiger partial charge in [0.2, 0.25) is 0 Å². The molecule has 0 radical (unpaired) electrons. The summed E-state index contributed by atoms with van der Waals surface area (Å²) in [5.74, 6) is 0. The van der Waals surface area contributed by atoms with Crippen LogP contribution in [0.3, 0.4) is 0 Å². The molecule has 1 aliphatic heterocycles. The van der Waals surface area contributed by atoms with E-state index in [4.69, 9.17) is 4.74 Å². The molecule has 1 aromatic carbocycles. The number of para-hydroxylation sites is 1. The molecule has 0 amide bonds.